The van der Waals surface area contributed by atoms with Crippen molar-refractivity contribution in [2.75, 3.05) is 31.3 Å². The SMILES string of the molecule is O=C1NC2(CCCCC2)C(=O)N1CN1CCCSCC1. The third-order valence-electron chi connectivity index (χ3n) is 4.61. The van der Waals surface area contributed by atoms with Crippen molar-refractivity contribution in [1.29, 1.82) is 0 Å². The summed E-state index contributed by atoms with van der Waals surface area (Å²) in [5, 5.41) is 2.98. The highest BCUT2D eigenvalue weighted by Gasteiger charge is 2.51. The van der Waals surface area contributed by atoms with Gasteiger partial charge in [-0.25, -0.2) is 9.69 Å². The van der Waals surface area contributed by atoms with Crippen LogP contribution in [0.15, 0.2) is 0 Å². The molecule has 3 aliphatic rings. The molecule has 1 saturated carbocycles. The van der Waals surface area contributed by atoms with Crippen molar-refractivity contribution in [2.45, 2.75) is 44.1 Å². The Morgan fingerprint density at radius 1 is 1.05 bits per heavy atom. The predicted octanol–water partition coefficient (Wildman–Crippen LogP) is 1.64. The first-order chi connectivity index (χ1) is 9.71. The second kappa shape index (κ2) is 5.93. The molecule has 2 saturated heterocycles. The zero-order chi connectivity index (χ0) is 14.0. The van der Waals surface area contributed by atoms with Crippen molar-refractivity contribution in [3.8, 4) is 0 Å². The van der Waals surface area contributed by atoms with E-state index in [0.717, 1.165) is 50.9 Å². The second-order valence-electron chi connectivity index (χ2n) is 6.03. The molecule has 20 heavy (non-hydrogen) atoms. The topological polar surface area (TPSA) is 52.7 Å². The number of nitrogens with one attached hydrogen (secondary N) is 1. The lowest BCUT2D eigenvalue weighted by molar-refractivity contribution is -0.133. The Morgan fingerprint density at radius 3 is 2.65 bits per heavy atom. The Morgan fingerprint density at radius 2 is 1.85 bits per heavy atom. The molecule has 112 valence electrons. The largest absolute Gasteiger partial charge is 0.326 e. The molecule has 2 aliphatic heterocycles. The van der Waals surface area contributed by atoms with E-state index in [4.69, 9.17) is 0 Å². The van der Waals surface area contributed by atoms with Crippen molar-refractivity contribution in [3.05, 3.63) is 0 Å². The van der Waals surface area contributed by atoms with Gasteiger partial charge in [-0.2, -0.15) is 11.8 Å². The highest BCUT2D eigenvalue weighted by molar-refractivity contribution is 7.99. The minimum Gasteiger partial charge on any atom is -0.323 e. The van der Waals surface area contributed by atoms with E-state index < -0.39 is 5.54 Å². The average molecular weight is 297 g/mol. The molecule has 0 aromatic carbocycles. The predicted molar refractivity (Wildman–Crippen MR) is 79.6 cm³/mol. The van der Waals surface area contributed by atoms with E-state index in [-0.39, 0.29) is 11.9 Å². The van der Waals surface area contributed by atoms with Crippen molar-refractivity contribution in [2.24, 2.45) is 0 Å². The molecule has 1 N–H and O–H groups in total. The van der Waals surface area contributed by atoms with Gasteiger partial charge in [-0.3, -0.25) is 9.69 Å². The summed E-state index contributed by atoms with van der Waals surface area (Å²) >= 11 is 1.95. The fraction of sp³-hybridized carbons (Fsp3) is 0.857. The molecular weight excluding hydrogens is 274 g/mol. The summed E-state index contributed by atoms with van der Waals surface area (Å²) in [7, 11) is 0. The van der Waals surface area contributed by atoms with Gasteiger partial charge in [-0.05, 0) is 25.0 Å². The van der Waals surface area contributed by atoms with Gasteiger partial charge in [0.1, 0.15) is 5.54 Å². The number of carbonyl (C=O) groups is 2. The number of nitrogens with zero attached hydrogens (tertiary/aromatic N) is 2. The van der Waals surface area contributed by atoms with E-state index in [0.29, 0.717) is 6.67 Å². The van der Waals surface area contributed by atoms with E-state index in [2.05, 4.69) is 10.2 Å². The molecule has 0 aromatic rings. The number of imide groups is 1. The summed E-state index contributed by atoms with van der Waals surface area (Å²) in [6.07, 6.45) is 6.02. The molecule has 5 nitrogen and oxygen atoms in total. The molecule has 0 aromatic heterocycles. The molecule has 0 atom stereocenters. The molecular formula is C14H23N3O2S. The second-order valence-corrected chi connectivity index (χ2v) is 7.26. The van der Waals surface area contributed by atoms with Crippen molar-refractivity contribution in [3.63, 3.8) is 0 Å². The molecule has 3 amide bonds. The van der Waals surface area contributed by atoms with E-state index in [1.165, 1.54) is 17.1 Å². The zero-order valence-electron chi connectivity index (χ0n) is 11.9. The van der Waals surface area contributed by atoms with Crippen LogP contribution in [-0.2, 0) is 4.79 Å². The van der Waals surface area contributed by atoms with Gasteiger partial charge in [0, 0.05) is 18.8 Å². The standard InChI is InChI=1S/C14H23N3O2S/c18-12-14(5-2-1-3-6-14)15-13(19)17(12)11-16-7-4-9-20-10-8-16/h1-11H2,(H,15,19). The van der Waals surface area contributed by atoms with Crippen LogP contribution in [0.2, 0.25) is 0 Å². The monoisotopic (exact) mass is 297 g/mol. The van der Waals surface area contributed by atoms with Gasteiger partial charge in [0.25, 0.3) is 5.91 Å². The van der Waals surface area contributed by atoms with Gasteiger partial charge >= 0.3 is 6.03 Å². The lowest BCUT2D eigenvalue weighted by Crippen LogP contribution is -2.49. The Bertz CT molecular complexity index is 388. The molecule has 1 aliphatic carbocycles. The first kappa shape index (κ1) is 14.2. The zero-order valence-corrected chi connectivity index (χ0v) is 12.7. The highest BCUT2D eigenvalue weighted by Crippen LogP contribution is 2.33. The molecule has 3 rings (SSSR count). The maximum Gasteiger partial charge on any atom is 0.326 e. The van der Waals surface area contributed by atoms with Crippen LogP contribution < -0.4 is 5.32 Å². The molecule has 2 heterocycles. The van der Waals surface area contributed by atoms with Crippen LogP contribution in [-0.4, -0.2) is 58.5 Å². The Kier molecular flexibility index (Phi) is 4.21. The van der Waals surface area contributed by atoms with Gasteiger partial charge in [-0.15, -0.1) is 0 Å². The van der Waals surface area contributed by atoms with Crippen LogP contribution in [0.3, 0.4) is 0 Å². The van der Waals surface area contributed by atoms with Crippen LogP contribution in [0.5, 0.6) is 0 Å². The van der Waals surface area contributed by atoms with E-state index in [1.54, 1.807) is 0 Å². The number of amides is 3. The lowest BCUT2D eigenvalue weighted by atomic mass is 9.82. The fourth-order valence-corrected chi connectivity index (χ4v) is 4.36. The van der Waals surface area contributed by atoms with Gasteiger partial charge < -0.3 is 5.32 Å². The molecule has 0 radical (unpaired) electrons. The van der Waals surface area contributed by atoms with Gasteiger partial charge in [0.15, 0.2) is 0 Å². The maximum absolute atomic E-state index is 12.7. The first-order valence-electron chi connectivity index (χ1n) is 7.65. The Hall–Kier alpha value is -0.750. The van der Waals surface area contributed by atoms with Crippen LogP contribution >= 0.6 is 11.8 Å². The quantitative estimate of drug-likeness (QED) is 0.787. The minimum absolute atomic E-state index is 0.0131. The van der Waals surface area contributed by atoms with Crippen molar-refractivity contribution >= 4 is 23.7 Å². The van der Waals surface area contributed by atoms with Crippen LogP contribution in [0.25, 0.3) is 0 Å². The van der Waals surface area contributed by atoms with Crippen molar-refractivity contribution in [1.82, 2.24) is 15.1 Å². The molecule has 6 heteroatoms. The summed E-state index contributed by atoms with van der Waals surface area (Å²) < 4.78 is 0. The van der Waals surface area contributed by atoms with Crippen LogP contribution in [0.4, 0.5) is 4.79 Å². The smallest absolute Gasteiger partial charge is 0.323 e. The third-order valence-corrected chi connectivity index (χ3v) is 5.66. The minimum atomic E-state index is -0.573. The Balaban J connectivity index is 1.67. The average Bonchev–Trinajstić information content (AvgIpc) is 2.68. The maximum atomic E-state index is 12.7. The summed E-state index contributed by atoms with van der Waals surface area (Å²) in [4.78, 5) is 28.5. The van der Waals surface area contributed by atoms with Crippen molar-refractivity contribution < 1.29 is 9.59 Å². The Labute approximate surface area is 124 Å². The number of rotatable bonds is 2. The third kappa shape index (κ3) is 2.68. The molecule has 3 fully saturated rings. The lowest BCUT2D eigenvalue weighted by Gasteiger charge is -2.31. The first-order valence-corrected chi connectivity index (χ1v) is 8.81. The van der Waals surface area contributed by atoms with Crippen LogP contribution in [0, 0.1) is 0 Å². The number of urea groups is 1. The summed E-state index contributed by atoms with van der Waals surface area (Å²) in [5.74, 6) is 2.29. The van der Waals surface area contributed by atoms with E-state index in [1.807, 2.05) is 11.8 Å². The molecule has 1 spiro atoms. The number of hydrogen-bond donors (Lipinski definition) is 1. The van der Waals surface area contributed by atoms with E-state index >= 15 is 0 Å². The number of thioether (sulfide) groups is 1. The number of hydrogen-bond acceptors (Lipinski definition) is 4. The molecule has 0 unspecified atom stereocenters. The molecule has 0 bridgehead atoms. The summed E-state index contributed by atoms with van der Waals surface area (Å²) in [6, 6.07) is -0.186. The summed E-state index contributed by atoms with van der Waals surface area (Å²) in [5.41, 5.74) is -0.573. The van der Waals surface area contributed by atoms with Gasteiger partial charge in [-0.1, -0.05) is 19.3 Å². The van der Waals surface area contributed by atoms with Gasteiger partial charge in [0.05, 0.1) is 6.67 Å². The van der Waals surface area contributed by atoms with E-state index in [9.17, 15) is 9.59 Å². The number of carbonyl (C=O) groups excluding carboxylic acids is 2. The summed E-state index contributed by atoms with van der Waals surface area (Å²) in [6.45, 7) is 2.42. The van der Waals surface area contributed by atoms with Crippen LogP contribution in [0.1, 0.15) is 38.5 Å². The van der Waals surface area contributed by atoms with Gasteiger partial charge in [0.2, 0.25) is 0 Å². The highest BCUT2D eigenvalue weighted by atomic mass is 32.2. The fourth-order valence-electron chi connectivity index (χ4n) is 3.44. The normalized spacial score (nSPS) is 27.7.